The number of aryl methyl sites for hydroxylation is 1. The van der Waals surface area contributed by atoms with Crippen LogP contribution in [0.5, 0.6) is 5.88 Å². The van der Waals surface area contributed by atoms with Gasteiger partial charge in [-0.3, -0.25) is 4.68 Å². The van der Waals surface area contributed by atoms with Gasteiger partial charge in [0.2, 0.25) is 5.88 Å². The number of aromatic nitrogens is 4. The normalized spacial score (nSPS) is 11.3. The van der Waals surface area contributed by atoms with E-state index in [1.54, 1.807) is 11.8 Å². The summed E-state index contributed by atoms with van der Waals surface area (Å²) >= 11 is 6.81. The number of hydrogen-bond acceptors (Lipinski definition) is 4. The standard InChI is InChI=1S/C8H8Br2N4O/c1-14-6-4(5(13-14)7(9)10)11-3-12-8(6)15-2/h3,7H,1-2H3. The van der Waals surface area contributed by atoms with Gasteiger partial charge in [-0.1, -0.05) is 31.9 Å². The van der Waals surface area contributed by atoms with Crippen LogP contribution < -0.4 is 4.74 Å². The van der Waals surface area contributed by atoms with Crippen molar-refractivity contribution in [1.82, 2.24) is 19.7 Å². The van der Waals surface area contributed by atoms with Crippen molar-refractivity contribution in [3.8, 4) is 5.88 Å². The van der Waals surface area contributed by atoms with Crippen molar-refractivity contribution < 1.29 is 4.74 Å². The zero-order valence-electron chi connectivity index (χ0n) is 8.11. The second-order valence-electron chi connectivity index (χ2n) is 2.89. The number of hydrogen-bond donors (Lipinski definition) is 0. The summed E-state index contributed by atoms with van der Waals surface area (Å²) < 4.78 is 6.83. The fraction of sp³-hybridized carbons (Fsp3) is 0.375. The van der Waals surface area contributed by atoms with Gasteiger partial charge in [-0.25, -0.2) is 4.98 Å². The number of rotatable bonds is 2. The molecule has 0 aliphatic rings. The highest BCUT2D eigenvalue weighted by Crippen LogP contribution is 2.34. The molecule has 80 valence electrons. The van der Waals surface area contributed by atoms with Crippen molar-refractivity contribution >= 4 is 42.9 Å². The second-order valence-corrected chi connectivity index (χ2v) is 5.95. The van der Waals surface area contributed by atoms with Gasteiger partial charge in [0.15, 0.2) is 0 Å². The molecule has 0 saturated heterocycles. The van der Waals surface area contributed by atoms with Crippen LogP contribution in [0.3, 0.4) is 0 Å². The van der Waals surface area contributed by atoms with Crippen LogP contribution in [-0.2, 0) is 7.05 Å². The first-order valence-corrected chi connectivity index (χ1v) is 5.98. The van der Waals surface area contributed by atoms with Gasteiger partial charge in [-0.2, -0.15) is 10.1 Å². The average molecular weight is 336 g/mol. The number of fused-ring (bicyclic) bond motifs is 1. The van der Waals surface area contributed by atoms with E-state index in [2.05, 4.69) is 46.9 Å². The van der Waals surface area contributed by atoms with E-state index in [0.29, 0.717) is 5.88 Å². The van der Waals surface area contributed by atoms with E-state index in [9.17, 15) is 0 Å². The van der Waals surface area contributed by atoms with Crippen molar-refractivity contribution in [1.29, 1.82) is 0 Å². The van der Waals surface area contributed by atoms with E-state index in [-0.39, 0.29) is 3.74 Å². The lowest BCUT2D eigenvalue weighted by atomic mass is 10.3. The third kappa shape index (κ3) is 1.74. The van der Waals surface area contributed by atoms with Crippen LogP contribution in [0, 0.1) is 0 Å². The quantitative estimate of drug-likeness (QED) is 0.789. The summed E-state index contributed by atoms with van der Waals surface area (Å²) in [5, 5.41) is 4.34. The highest BCUT2D eigenvalue weighted by atomic mass is 79.9. The molecular weight excluding hydrogens is 328 g/mol. The molecule has 0 unspecified atom stereocenters. The first-order valence-electron chi connectivity index (χ1n) is 4.15. The Morgan fingerprint density at radius 2 is 2.13 bits per heavy atom. The molecule has 2 aromatic heterocycles. The van der Waals surface area contributed by atoms with Crippen molar-refractivity contribution in [2.75, 3.05) is 7.11 Å². The van der Waals surface area contributed by atoms with Crippen molar-refractivity contribution in [2.45, 2.75) is 3.74 Å². The monoisotopic (exact) mass is 334 g/mol. The van der Waals surface area contributed by atoms with Gasteiger partial charge in [-0.15, -0.1) is 0 Å². The fourth-order valence-corrected chi connectivity index (χ4v) is 2.01. The summed E-state index contributed by atoms with van der Waals surface area (Å²) in [6.07, 6.45) is 1.47. The molecule has 5 nitrogen and oxygen atoms in total. The topological polar surface area (TPSA) is 52.8 Å². The lowest BCUT2D eigenvalue weighted by molar-refractivity contribution is 0.400. The first-order chi connectivity index (χ1) is 7.15. The molecular formula is C8H8Br2N4O. The Kier molecular flexibility index (Phi) is 2.92. The predicted molar refractivity (Wildman–Crippen MR) is 63.5 cm³/mol. The summed E-state index contributed by atoms with van der Waals surface area (Å²) in [6.45, 7) is 0. The Bertz CT molecular complexity index is 497. The summed E-state index contributed by atoms with van der Waals surface area (Å²) in [6, 6.07) is 0. The van der Waals surface area contributed by atoms with E-state index >= 15 is 0 Å². The largest absolute Gasteiger partial charge is 0.479 e. The molecule has 0 amide bonds. The molecule has 0 bridgehead atoms. The molecule has 0 fully saturated rings. The van der Waals surface area contributed by atoms with Crippen LogP contribution >= 0.6 is 31.9 Å². The molecule has 2 heterocycles. The summed E-state index contributed by atoms with van der Waals surface area (Å²) in [5.74, 6) is 0.530. The molecule has 0 N–H and O–H groups in total. The Hall–Kier alpha value is -0.690. The smallest absolute Gasteiger partial charge is 0.243 e. The van der Waals surface area contributed by atoms with Gasteiger partial charge < -0.3 is 4.74 Å². The van der Waals surface area contributed by atoms with E-state index in [1.807, 2.05) is 7.05 Å². The SMILES string of the molecule is COc1ncnc2c(C(Br)Br)nn(C)c12. The Balaban J connectivity index is 2.79. The van der Waals surface area contributed by atoms with Crippen molar-refractivity contribution in [3.63, 3.8) is 0 Å². The van der Waals surface area contributed by atoms with Gasteiger partial charge in [-0.05, 0) is 0 Å². The molecule has 2 rings (SSSR count). The minimum atomic E-state index is -0.0340. The van der Waals surface area contributed by atoms with E-state index in [1.165, 1.54) is 6.33 Å². The first kappa shape index (κ1) is 10.8. The Morgan fingerprint density at radius 3 is 2.73 bits per heavy atom. The van der Waals surface area contributed by atoms with Gasteiger partial charge in [0.25, 0.3) is 0 Å². The number of nitrogens with zero attached hydrogens (tertiary/aromatic N) is 4. The number of alkyl halides is 2. The van der Waals surface area contributed by atoms with E-state index in [4.69, 9.17) is 4.74 Å². The number of ether oxygens (including phenoxy) is 1. The lowest BCUT2D eigenvalue weighted by Crippen LogP contribution is -1.95. The molecule has 7 heteroatoms. The Labute approximate surface area is 103 Å². The minimum absolute atomic E-state index is 0.0340. The molecule has 0 atom stereocenters. The van der Waals surface area contributed by atoms with Crippen molar-refractivity contribution in [3.05, 3.63) is 12.0 Å². The second kappa shape index (κ2) is 4.05. The summed E-state index contributed by atoms with van der Waals surface area (Å²) in [4.78, 5) is 8.23. The van der Waals surface area contributed by atoms with Crippen LogP contribution in [0.4, 0.5) is 0 Å². The molecule has 15 heavy (non-hydrogen) atoms. The highest BCUT2D eigenvalue weighted by molar-refractivity contribution is 9.24. The number of halogens is 2. The molecule has 2 aromatic rings. The third-order valence-electron chi connectivity index (χ3n) is 2.01. The maximum atomic E-state index is 5.16. The maximum absolute atomic E-state index is 5.16. The average Bonchev–Trinajstić information content (AvgIpc) is 2.56. The van der Waals surface area contributed by atoms with E-state index < -0.39 is 0 Å². The summed E-state index contributed by atoms with van der Waals surface area (Å²) in [5.41, 5.74) is 2.38. The Morgan fingerprint density at radius 1 is 1.40 bits per heavy atom. The van der Waals surface area contributed by atoms with Crippen LogP contribution in [-0.4, -0.2) is 26.9 Å². The van der Waals surface area contributed by atoms with Crippen molar-refractivity contribution in [2.24, 2.45) is 7.05 Å². The zero-order chi connectivity index (χ0) is 11.0. The molecule has 0 aromatic carbocycles. The number of methoxy groups -OCH3 is 1. The van der Waals surface area contributed by atoms with Crippen LogP contribution in [0.25, 0.3) is 11.0 Å². The maximum Gasteiger partial charge on any atom is 0.243 e. The molecule has 0 spiro atoms. The molecule has 0 radical (unpaired) electrons. The molecule has 0 aliphatic heterocycles. The summed E-state index contributed by atoms with van der Waals surface area (Å²) in [7, 11) is 3.41. The minimum Gasteiger partial charge on any atom is -0.479 e. The lowest BCUT2D eigenvalue weighted by Gasteiger charge is -2.00. The van der Waals surface area contributed by atoms with Crippen LogP contribution in [0.1, 0.15) is 9.43 Å². The molecule has 0 saturated carbocycles. The van der Waals surface area contributed by atoms with Gasteiger partial charge in [0.1, 0.15) is 26.8 Å². The van der Waals surface area contributed by atoms with Crippen LogP contribution in [0.2, 0.25) is 0 Å². The molecule has 0 aliphatic carbocycles. The zero-order valence-corrected chi connectivity index (χ0v) is 11.3. The van der Waals surface area contributed by atoms with Gasteiger partial charge >= 0.3 is 0 Å². The third-order valence-corrected chi connectivity index (χ3v) is 2.88. The fourth-order valence-electron chi connectivity index (χ4n) is 1.40. The van der Waals surface area contributed by atoms with Crippen LogP contribution in [0.15, 0.2) is 6.33 Å². The van der Waals surface area contributed by atoms with Gasteiger partial charge in [0.05, 0.1) is 7.11 Å². The highest BCUT2D eigenvalue weighted by Gasteiger charge is 2.18. The van der Waals surface area contributed by atoms with E-state index in [0.717, 1.165) is 16.7 Å². The van der Waals surface area contributed by atoms with Gasteiger partial charge in [0, 0.05) is 7.05 Å². The predicted octanol–water partition coefficient (Wildman–Crippen LogP) is 2.16.